The van der Waals surface area contributed by atoms with Gasteiger partial charge in [-0.2, -0.15) is 0 Å². The largest absolute Gasteiger partial charge is 0.379 e. The molecule has 6 atom stereocenters. The second-order valence-corrected chi connectivity index (χ2v) is 11.8. The van der Waals surface area contributed by atoms with Crippen molar-refractivity contribution >= 4 is 0 Å². The minimum atomic E-state index is 0.271. The highest BCUT2D eigenvalue weighted by atomic mass is 16.5. The molecule has 0 bridgehead atoms. The standard InChI is InChI=1S/C28H54N4O5/c1-23-17-31(18-24(2)36-23)27(5-7-29-9-13-33-14-10-29)21-35-22-28(6-8-30-11-15-34-16-12-30)32-19-25(3)37-26(4)20-32/h23-28H,5-22H2,1-4H3. The summed E-state index contributed by atoms with van der Waals surface area (Å²) in [7, 11) is 0. The molecule has 4 rings (SSSR count). The molecule has 0 aliphatic carbocycles. The maximum atomic E-state index is 6.63. The van der Waals surface area contributed by atoms with E-state index in [1.165, 1.54) is 0 Å². The summed E-state index contributed by atoms with van der Waals surface area (Å²) in [6.45, 7) is 24.1. The fourth-order valence-corrected chi connectivity index (χ4v) is 6.43. The van der Waals surface area contributed by atoms with Crippen LogP contribution < -0.4 is 0 Å². The van der Waals surface area contributed by atoms with E-state index >= 15 is 0 Å². The summed E-state index contributed by atoms with van der Waals surface area (Å²) in [5.74, 6) is 0. The van der Waals surface area contributed by atoms with Crippen LogP contribution in [0.4, 0.5) is 0 Å². The molecule has 0 saturated carbocycles. The fourth-order valence-electron chi connectivity index (χ4n) is 6.43. The third kappa shape index (κ3) is 9.96. The molecule has 0 aromatic carbocycles. The number of ether oxygens (including phenoxy) is 5. The van der Waals surface area contributed by atoms with Gasteiger partial charge in [-0.1, -0.05) is 0 Å². The Morgan fingerprint density at radius 2 is 0.946 bits per heavy atom. The van der Waals surface area contributed by atoms with Crippen LogP contribution in [0.25, 0.3) is 0 Å². The molecule has 0 aromatic heterocycles. The van der Waals surface area contributed by atoms with Gasteiger partial charge in [-0.3, -0.25) is 19.6 Å². The molecular formula is C28H54N4O5. The van der Waals surface area contributed by atoms with Crippen molar-refractivity contribution in [3.05, 3.63) is 0 Å². The van der Waals surface area contributed by atoms with E-state index in [1.807, 2.05) is 0 Å². The van der Waals surface area contributed by atoms with Crippen molar-refractivity contribution in [2.45, 2.75) is 77.0 Å². The molecule has 9 heteroatoms. The molecule has 0 aromatic rings. The average molecular weight is 527 g/mol. The minimum absolute atomic E-state index is 0.271. The van der Waals surface area contributed by atoms with Gasteiger partial charge in [0.05, 0.1) is 64.1 Å². The van der Waals surface area contributed by atoms with Crippen LogP contribution in [0.1, 0.15) is 40.5 Å². The topological polar surface area (TPSA) is 59.1 Å². The van der Waals surface area contributed by atoms with Gasteiger partial charge in [-0.15, -0.1) is 0 Å². The van der Waals surface area contributed by atoms with Crippen molar-refractivity contribution in [1.29, 1.82) is 0 Å². The molecule has 0 amide bonds. The zero-order valence-electron chi connectivity index (χ0n) is 24.0. The monoisotopic (exact) mass is 526 g/mol. The van der Waals surface area contributed by atoms with Crippen LogP contribution >= 0.6 is 0 Å². The second-order valence-electron chi connectivity index (χ2n) is 11.8. The number of hydrogen-bond acceptors (Lipinski definition) is 9. The lowest BCUT2D eigenvalue weighted by molar-refractivity contribution is -0.104. The number of hydrogen-bond donors (Lipinski definition) is 0. The summed E-state index contributed by atoms with van der Waals surface area (Å²) in [5.41, 5.74) is 0. The molecule has 4 fully saturated rings. The smallest absolute Gasteiger partial charge is 0.0678 e. The molecule has 4 saturated heterocycles. The summed E-state index contributed by atoms with van der Waals surface area (Å²) >= 11 is 0. The molecule has 0 N–H and O–H groups in total. The van der Waals surface area contributed by atoms with Crippen molar-refractivity contribution in [1.82, 2.24) is 19.6 Å². The predicted octanol–water partition coefficient (Wildman–Crippen LogP) is 1.40. The van der Waals surface area contributed by atoms with Gasteiger partial charge < -0.3 is 23.7 Å². The lowest BCUT2D eigenvalue weighted by Crippen LogP contribution is -2.54. The van der Waals surface area contributed by atoms with Gasteiger partial charge in [-0.05, 0) is 53.6 Å². The number of nitrogens with zero attached hydrogens (tertiary/aromatic N) is 4. The van der Waals surface area contributed by atoms with Crippen molar-refractivity contribution in [3.63, 3.8) is 0 Å². The molecule has 37 heavy (non-hydrogen) atoms. The Hall–Kier alpha value is -0.360. The zero-order chi connectivity index (χ0) is 26.0. The van der Waals surface area contributed by atoms with Gasteiger partial charge >= 0.3 is 0 Å². The Labute approximate surface area is 225 Å². The highest BCUT2D eigenvalue weighted by Crippen LogP contribution is 2.19. The molecule has 0 spiro atoms. The van der Waals surface area contributed by atoms with Crippen LogP contribution in [-0.4, -0.2) is 161 Å². The van der Waals surface area contributed by atoms with Gasteiger partial charge in [0.2, 0.25) is 0 Å². The first-order valence-electron chi connectivity index (χ1n) is 14.9. The van der Waals surface area contributed by atoms with Gasteiger partial charge in [0.25, 0.3) is 0 Å². The van der Waals surface area contributed by atoms with Crippen molar-refractivity contribution in [2.75, 3.05) is 105 Å². The van der Waals surface area contributed by atoms with Crippen LogP contribution in [0.15, 0.2) is 0 Å². The Bertz CT molecular complexity index is 562. The first-order chi connectivity index (χ1) is 18.0. The molecule has 0 radical (unpaired) electrons. The molecule has 4 aliphatic rings. The summed E-state index contributed by atoms with van der Waals surface area (Å²) in [6, 6.07) is 0.832. The summed E-state index contributed by atoms with van der Waals surface area (Å²) in [5, 5.41) is 0. The molecule has 6 unspecified atom stereocenters. The Morgan fingerprint density at radius 1 is 0.595 bits per heavy atom. The van der Waals surface area contributed by atoms with E-state index in [2.05, 4.69) is 47.3 Å². The second kappa shape index (κ2) is 15.4. The molecule has 216 valence electrons. The van der Waals surface area contributed by atoms with Crippen LogP contribution in [-0.2, 0) is 23.7 Å². The lowest BCUT2D eigenvalue weighted by atomic mass is 10.1. The Balaban J connectivity index is 1.33. The lowest BCUT2D eigenvalue weighted by Gasteiger charge is -2.42. The third-order valence-electron chi connectivity index (χ3n) is 8.31. The Morgan fingerprint density at radius 3 is 1.30 bits per heavy atom. The van der Waals surface area contributed by atoms with Crippen LogP contribution in [0.3, 0.4) is 0 Å². The van der Waals surface area contributed by atoms with Gasteiger partial charge in [-0.25, -0.2) is 0 Å². The number of morpholine rings is 4. The van der Waals surface area contributed by atoms with Crippen LogP contribution in [0.2, 0.25) is 0 Å². The average Bonchev–Trinajstić information content (AvgIpc) is 2.88. The van der Waals surface area contributed by atoms with E-state index in [4.69, 9.17) is 23.7 Å². The minimum Gasteiger partial charge on any atom is -0.379 e. The zero-order valence-corrected chi connectivity index (χ0v) is 24.0. The summed E-state index contributed by atoms with van der Waals surface area (Å²) < 4.78 is 29.9. The normalized spacial score (nSPS) is 33.4. The van der Waals surface area contributed by atoms with E-state index < -0.39 is 0 Å². The fraction of sp³-hybridized carbons (Fsp3) is 1.00. The highest BCUT2D eigenvalue weighted by molar-refractivity contribution is 4.84. The van der Waals surface area contributed by atoms with Gasteiger partial charge in [0, 0.05) is 64.4 Å². The first kappa shape index (κ1) is 29.6. The van der Waals surface area contributed by atoms with Crippen LogP contribution in [0.5, 0.6) is 0 Å². The summed E-state index contributed by atoms with van der Waals surface area (Å²) in [6.07, 6.45) is 3.34. The van der Waals surface area contributed by atoms with E-state index in [-0.39, 0.29) is 24.4 Å². The summed E-state index contributed by atoms with van der Waals surface area (Å²) in [4.78, 5) is 10.3. The predicted molar refractivity (Wildman–Crippen MR) is 145 cm³/mol. The Kier molecular flexibility index (Phi) is 12.4. The van der Waals surface area contributed by atoms with Crippen molar-refractivity contribution in [2.24, 2.45) is 0 Å². The number of rotatable bonds is 12. The maximum Gasteiger partial charge on any atom is 0.0678 e. The molecular weight excluding hydrogens is 472 g/mol. The molecule has 4 aliphatic heterocycles. The third-order valence-corrected chi connectivity index (χ3v) is 8.31. The highest BCUT2D eigenvalue weighted by Gasteiger charge is 2.31. The van der Waals surface area contributed by atoms with E-state index in [9.17, 15) is 0 Å². The van der Waals surface area contributed by atoms with E-state index in [1.54, 1.807) is 0 Å². The van der Waals surface area contributed by atoms with Gasteiger partial charge in [0.1, 0.15) is 0 Å². The molecule has 4 heterocycles. The maximum absolute atomic E-state index is 6.63. The van der Waals surface area contributed by atoms with E-state index in [0.717, 1.165) is 118 Å². The van der Waals surface area contributed by atoms with E-state index in [0.29, 0.717) is 12.1 Å². The van der Waals surface area contributed by atoms with Crippen molar-refractivity contribution < 1.29 is 23.7 Å². The van der Waals surface area contributed by atoms with Crippen molar-refractivity contribution in [3.8, 4) is 0 Å². The van der Waals surface area contributed by atoms with Crippen LogP contribution in [0, 0.1) is 0 Å². The first-order valence-corrected chi connectivity index (χ1v) is 14.9. The quantitative estimate of drug-likeness (QED) is 0.376. The SMILES string of the molecule is CC1CN(C(CCN2CCOCC2)COCC(CCN2CCOCC2)N2CC(C)OC(C)C2)CC(C)O1. The van der Waals surface area contributed by atoms with Gasteiger partial charge in [0.15, 0.2) is 0 Å². The molecule has 9 nitrogen and oxygen atoms in total.